The molecule has 2 aromatic rings. The van der Waals surface area contributed by atoms with E-state index < -0.39 is 0 Å². The van der Waals surface area contributed by atoms with E-state index in [0.29, 0.717) is 12.0 Å². The second kappa shape index (κ2) is 8.10. The summed E-state index contributed by atoms with van der Waals surface area (Å²) in [4.78, 5) is 23.2. The van der Waals surface area contributed by atoms with E-state index in [1.807, 2.05) is 12.3 Å². The van der Waals surface area contributed by atoms with E-state index in [2.05, 4.69) is 38.1 Å². The quantitative estimate of drug-likeness (QED) is 0.827. The smallest absolute Gasteiger partial charge is 0.227 e. The summed E-state index contributed by atoms with van der Waals surface area (Å²) in [6.07, 6.45) is 6.45. The molecular formula is C21H29N7O. The van der Waals surface area contributed by atoms with E-state index in [4.69, 9.17) is 14.7 Å². The minimum Gasteiger partial charge on any atom is -0.378 e. The Bertz CT molecular complexity index is 843. The summed E-state index contributed by atoms with van der Waals surface area (Å²) in [6.45, 7) is 7.26. The minimum atomic E-state index is 0.421. The molecule has 3 fully saturated rings. The van der Waals surface area contributed by atoms with Crippen molar-refractivity contribution in [3.05, 3.63) is 29.8 Å². The Morgan fingerprint density at radius 3 is 2.52 bits per heavy atom. The van der Waals surface area contributed by atoms with Gasteiger partial charge in [0.2, 0.25) is 5.95 Å². The van der Waals surface area contributed by atoms with E-state index in [0.717, 1.165) is 81.3 Å². The third kappa shape index (κ3) is 4.42. The van der Waals surface area contributed by atoms with Crippen LogP contribution in [-0.4, -0.2) is 65.4 Å². The second-order valence-electron chi connectivity index (χ2n) is 8.25. The molecule has 1 saturated carbocycles. The number of rotatable bonds is 5. The van der Waals surface area contributed by atoms with Crippen molar-refractivity contribution in [1.82, 2.24) is 19.9 Å². The topological polar surface area (TPSA) is 79.3 Å². The maximum atomic E-state index is 5.42. The van der Waals surface area contributed by atoms with Crippen molar-refractivity contribution in [2.45, 2.75) is 44.6 Å². The first-order chi connectivity index (χ1) is 14.2. The number of hydrogen-bond acceptors (Lipinski definition) is 8. The van der Waals surface area contributed by atoms with Gasteiger partial charge in [-0.15, -0.1) is 0 Å². The van der Waals surface area contributed by atoms with Gasteiger partial charge in [0.15, 0.2) is 0 Å². The fraction of sp³-hybridized carbons (Fsp3) is 0.619. The van der Waals surface area contributed by atoms with Gasteiger partial charge in [-0.1, -0.05) is 0 Å². The number of ether oxygens (including phenoxy) is 1. The summed E-state index contributed by atoms with van der Waals surface area (Å²) in [7, 11) is 0. The van der Waals surface area contributed by atoms with Crippen molar-refractivity contribution in [3.8, 4) is 0 Å². The predicted molar refractivity (Wildman–Crippen MR) is 113 cm³/mol. The number of hydrogen-bond donors (Lipinski definition) is 1. The normalized spacial score (nSPS) is 20.7. The molecule has 29 heavy (non-hydrogen) atoms. The summed E-state index contributed by atoms with van der Waals surface area (Å²) in [6, 6.07) is 4.51. The molecule has 0 unspecified atom stereocenters. The number of aryl methyl sites for hydroxylation is 1. The summed E-state index contributed by atoms with van der Waals surface area (Å²) in [5.41, 5.74) is 1.08. The SMILES string of the molecule is Cc1cc(N2CCC(Nc3ccnc(N4CCOCC4)n3)CC2)nc(C2CC2)n1. The molecule has 3 aliphatic rings. The van der Waals surface area contributed by atoms with Crippen LogP contribution in [-0.2, 0) is 4.74 Å². The standard InChI is InChI=1S/C21H29N7O/c1-15-14-19(26-20(23-15)16-2-3-16)27-8-5-17(6-9-27)24-18-4-7-22-21(25-18)28-10-12-29-13-11-28/h4,7,14,16-17H,2-3,5-6,8-13H2,1H3,(H,22,24,25). The molecule has 0 bridgehead atoms. The molecule has 1 aliphatic carbocycles. The predicted octanol–water partition coefficient (Wildman–Crippen LogP) is 2.37. The van der Waals surface area contributed by atoms with Crippen LogP contribution in [0.4, 0.5) is 17.6 Å². The lowest BCUT2D eigenvalue weighted by Gasteiger charge is -2.34. The average molecular weight is 396 g/mol. The number of anilines is 3. The van der Waals surface area contributed by atoms with Gasteiger partial charge in [0, 0.05) is 56.1 Å². The lowest BCUT2D eigenvalue weighted by atomic mass is 10.0. The Hall–Kier alpha value is -2.48. The van der Waals surface area contributed by atoms with E-state index in [-0.39, 0.29) is 0 Å². The molecule has 0 aromatic carbocycles. The fourth-order valence-corrected chi connectivity index (χ4v) is 4.07. The molecule has 5 rings (SSSR count). The van der Waals surface area contributed by atoms with Gasteiger partial charge in [-0.3, -0.25) is 0 Å². The van der Waals surface area contributed by atoms with E-state index in [1.165, 1.54) is 12.8 Å². The highest BCUT2D eigenvalue weighted by molar-refractivity contribution is 5.44. The van der Waals surface area contributed by atoms with Crippen LogP contribution in [0.1, 0.15) is 43.1 Å². The van der Waals surface area contributed by atoms with Crippen LogP contribution in [0.2, 0.25) is 0 Å². The Labute approximate surface area is 171 Å². The molecule has 2 aliphatic heterocycles. The highest BCUT2D eigenvalue weighted by Gasteiger charge is 2.28. The minimum absolute atomic E-state index is 0.421. The number of nitrogens with one attached hydrogen (secondary N) is 1. The lowest BCUT2D eigenvalue weighted by Crippen LogP contribution is -2.40. The molecule has 2 aromatic heterocycles. The summed E-state index contributed by atoms with van der Waals surface area (Å²) in [5.74, 6) is 4.42. The van der Waals surface area contributed by atoms with Gasteiger partial charge >= 0.3 is 0 Å². The van der Waals surface area contributed by atoms with Crippen LogP contribution in [0.3, 0.4) is 0 Å². The van der Waals surface area contributed by atoms with E-state index in [1.54, 1.807) is 0 Å². The van der Waals surface area contributed by atoms with Crippen molar-refractivity contribution >= 4 is 17.6 Å². The molecule has 8 nitrogen and oxygen atoms in total. The largest absolute Gasteiger partial charge is 0.378 e. The zero-order chi connectivity index (χ0) is 19.6. The van der Waals surface area contributed by atoms with Crippen LogP contribution < -0.4 is 15.1 Å². The zero-order valence-electron chi connectivity index (χ0n) is 17.0. The Kier molecular flexibility index (Phi) is 5.18. The van der Waals surface area contributed by atoms with Crippen molar-refractivity contribution in [2.24, 2.45) is 0 Å². The van der Waals surface area contributed by atoms with Crippen molar-refractivity contribution in [1.29, 1.82) is 0 Å². The van der Waals surface area contributed by atoms with Gasteiger partial charge in [-0.25, -0.2) is 15.0 Å². The zero-order valence-corrected chi connectivity index (χ0v) is 17.0. The van der Waals surface area contributed by atoms with Crippen LogP contribution in [0, 0.1) is 6.92 Å². The number of aromatic nitrogens is 4. The first-order valence-corrected chi connectivity index (χ1v) is 10.8. The van der Waals surface area contributed by atoms with Gasteiger partial charge in [-0.2, -0.15) is 4.98 Å². The number of nitrogens with zero attached hydrogens (tertiary/aromatic N) is 6. The molecule has 2 saturated heterocycles. The molecule has 154 valence electrons. The Balaban J connectivity index is 1.19. The molecule has 1 N–H and O–H groups in total. The van der Waals surface area contributed by atoms with Gasteiger partial charge in [0.05, 0.1) is 13.2 Å². The van der Waals surface area contributed by atoms with Crippen LogP contribution >= 0.6 is 0 Å². The van der Waals surface area contributed by atoms with Crippen molar-refractivity contribution in [3.63, 3.8) is 0 Å². The molecule has 4 heterocycles. The lowest BCUT2D eigenvalue weighted by molar-refractivity contribution is 0.122. The maximum absolute atomic E-state index is 5.42. The van der Waals surface area contributed by atoms with Gasteiger partial charge < -0.3 is 19.9 Å². The summed E-state index contributed by atoms with van der Waals surface area (Å²) in [5, 5.41) is 3.61. The maximum Gasteiger partial charge on any atom is 0.227 e. The van der Waals surface area contributed by atoms with Crippen LogP contribution in [0.5, 0.6) is 0 Å². The van der Waals surface area contributed by atoms with Crippen molar-refractivity contribution < 1.29 is 4.74 Å². The van der Waals surface area contributed by atoms with Crippen LogP contribution in [0.15, 0.2) is 18.3 Å². The van der Waals surface area contributed by atoms with Gasteiger partial charge in [-0.05, 0) is 38.7 Å². The van der Waals surface area contributed by atoms with Gasteiger partial charge in [0.1, 0.15) is 17.5 Å². The molecule has 0 radical (unpaired) electrons. The molecular weight excluding hydrogens is 366 g/mol. The third-order valence-corrected chi connectivity index (χ3v) is 5.91. The molecule has 0 amide bonds. The number of morpholine rings is 1. The van der Waals surface area contributed by atoms with E-state index in [9.17, 15) is 0 Å². The molecule has 0 atom stereocenters. The first kappa shape index (κ1) is 18.5. The summed E-state index contributed by atoms with van der Waals surface area (Å²) < 4.78 is 5.42. The third-order valence-electron chi connectivity index (χ3n) is 5.91. The highest BCUT2D eigenvalue weighted by Crippen LogP contribution is 2.38. The van der Waals surface area contributed by atoms with Crippen molar-refractivity contribution in [2.75, 3.05) is 54.5 Å². The average Bonchev–Trinajstić information content (AvgIpc) is 3.60. The fourth-order valence-electron chi connectivity index (χ4n) is 4.07. The Morgan fingerprint density at radius 1 is 0.966 bits per heavy atom. The van der Waals surface area contributed by atoms with E-state index >= 15 is 0 Å². The monoisotopic (exact) mass is 395 g/mol. The first-order valence-electron chi connectivity index (χ1n) is 10.8. The van der Waals surface area contributed by atoms with Crippen LogP contribution in [0.25, 0.3) is 0 Å². The molecule has 8 heteroatoms. The molecule has 0 spiro atoms. The summed E-state index contributed by atoms with van der Waals surface area (Å²) >= 11 is 0. The second-order valence-corrected chi connectivity index (χ2v) is 8.25. The van der Waals surface area contributed by atoms with Gasteiger partial charge in [0.25, 0.3) is 0 Å². The number of piperidine rings is 1. The highest BCUT2D eigenvalue weighted by atomic mass is 16.5. The Morgan fingerprint density at radius 2 is 1.76 bits per heavy atom.